The van der Waals surface area contributed by atoms with Gasteiger partial charge >= 0.3 is 5.97 Å². The highest BCUT2D eigenvalue weighted by molar-refractivity contribution is 5.97. The van der Waals surface area contributed by atoms with Gasteiger partial charge in [0.2, 0.25) is 11.8 Å². The normalized spacial score (nSPS) is 15.1. The molecule has 6 nitrogen and oxygen atoms in total. The highest BCUT2D eigenvalue weighted by atomic mass is 16.5. The van der Waals surface area contributed by atoms with Gasteiger partial charge in [-0.3, -0.25) is 14.4 Å². The van der Waals surface area contributed by atoms with E-state index in [0.717, 1.165) is 24.1 Å². The number of hydrogen-bond acceptors (Lipinski definition) is 4. The molecule has 1 aliphatic heterocycles. The minimum atomic E-state index is -0.773. The lowest BCUT2D eigenvalue weighted by atomic mass is 10.1. The molecule has 136 valence electrons. The summed E-state index contributed by atoms with van der Waals surface area (Å²) in [7, 11) is 0. The van der Waals surface area contributed by atoms with Crippen molar-refractivity contribution in [2.75, 3.05) is 13.2 Å². The fourth-order valence-electron chi connectivity index (χ4n) is 2.94. The summed E-state index contributed by atoms with van der Waals surface area (Å²) in [6.45, 7) is 5.52. The minimum absolute atomic E-state index is 0.193. The van der Waals surface area contributed by atoms with Gasteiger partial charge in [0.1, 0.15) is 5.92 Å². The van der Waals surface area contributed by atoms with Gasteiger partial charge in [-0.2, -0.15) is 0 Å². The third-order valence-corrected chi connectivity index (χ3v) is 4.30. The Morgan fingerprint density at radius 2 is 2.04 bits per heavy atom. The van der Waals surface area contributed by atoms with Crippen molar-refractivity contribution in [3.05, 3.63) is 35.4 Å². The number of rotatable bonds is 8. The number of amides is 2. The van der Waals surface area contributed by atoms with Crippen molar-refractivity contribution < 1.29 is 19.1 Å². The molecule has 1 atom stereocenters. The van der Waals surface area contributed by atoms with E-state index >= 15 is 0 Å². The van der Waals surface area contributed by atoms with E-state index in [0.29, 0.717) is 25.9 Å². The van der Waals surface area contributed by atoms with Crippen molar-refractivity contribution in [2.24, 2.45) is 5.92 Å². The fourth-order valence-corrected chi connectivity index (χ4v) is 2.94. The number of carbonyl (C=O) groups is 3. The molecule has 1 saturated heterocycles. The largest absolute Gasteiger partial charge is 0.465 e. The van der Waals surface area contributed by atoms with Crippen molar-refractivity contribution in [1.29, 1.82) is 0 Å². The number of benzene rings is 1. The fraction of sp³-hybridized carbons (Fsp3) is 0.526. The van der Waals surface area contributed by atoms with Crippen LogP contribution in [0.5, 0.6) is 0 Å². The smallest absolute Gasteiger partial charge is 0.318 e. The predicted molar refractivity (Wildman–Crippen MR) is 93.4 cm³/mol. The van der Waals surface area contributed by atoms with Crippen LogP contribution >= 0.6 is 0 Å². The van der Waals surface area contributed by atoms with Crippen LogP contribution in [0.25, 0.3) is 0 Å². The number of ether oxygens (including phenoxy) is 1. The number of likely N-dealkylation sites (tertiary alicyclic amines) is 1. The molecule has 25 heavy (non-hydrogen) atoms. The first kappa shape index (κ1) is 19.0. The molecule has 0 aromatic heterocycles. The molecule has 1 aromatic rings. The highest BCUT2D eigenvalue weighted by Crippen LogP contribution is 2.15. The zero-order valence-electron chi connectivity index (χ0n) is 14.9. The summed E-state index contributed by atoms with van der Waals surface area (Å²) in [5.41, 5.74) is 1.98. The maximum Gasteiger partial charge on any atom is 0.318 e. The molecular formula is C19H26N2O4. The van der Waals surface area contributed by atoms with Crippen LogP contribution in [0.4, 0.5) is 0 Å². The zero-order chi connectivity index (χ0) is 18.2. The molecule has 1 heterocycles. The van der Waals surface area contributed by atoms with Crippen molar-refractivity contribution in [3.63, 3.8) is 0 Å². The molecule has 1 fully saturated rings. The SMILES string of the molecule is CCOC(=O)[C@H](CC)C(=O)NCc1cccc(CN2CCCC2=O)c1. The van der Waals surface area contributed by atoms with Crippen LogP contribution in [-0.4, -0.2) is 35.8 Å². The van der Waals surface area contributed by atoms with E-state index in [1.807, 2.05) is 29.2 Å². The Balaban J connectivity index is 1.91. The van der Waals surface area contributed by atoms with Gasteiger partial charge in [-0.05, 0) is 30.9 Å². The average molecular weight is 346 g/mol. The Bertz CT molecular complexity index is 630. The first-order valence-electron chi connectivity index (χ1n) is 8.85. The predicted octanol–water partition coefficient (Wildman–Crippen LogP) is 2.01. The van der Waals surface area contributed by atoms with E-state index in [9.17, 15) is 14.4 Å². The molecule has 1 aromatic carbocycles. The average Bonchev–Trinajstić information content (AvgIpc) is 2.99. The van der Waals surface area contributed by atoms with Crippen LogP contribution in [0, 0.1) is 5.92 Å². The summed E-state index contributed by atoms with van der Waals surface area (Å²) >= 11 is 0. The number of nitrogens with one attached hydrogen (secondary N) is 1. The second-order valence-electron chi connectivity index (χ2n) is 6.17. The van der Waals surface area contributed by atoms with E-state index in [-0.39, 0.29) is 18.4 Å². The highest BCUT2D eigenvalue weighted by Gasteiger charge is 2.25. The van der Waals surface area contributed by atoms with Crippen LogP contribution in [0.3, 0.4) is 0 Å². The minimum Gasteiger partial charge on any atom is -0.465 e. The molecule has 0 unspecified atom stereocenters. The maximum atomic E-state index is 12.2. The van der Waals surface area contributed by atoms with Gasteiger partial charge < -0.3 is 15.0 Å². The lowest BCUT2D eigenvalue weighted by molar-refractivity contribution is -0.152. The summed E-state index contributed by atoms with van der Waals surface area (Å²) in [6, 6.07) is 7.79. The Morgan fingerprint density at radius 1 is 1.28 bits per heavy atom. The number of hydrogen-bond donors (Lipinski definition) is 1. The summed E-state index contributed by atoms with van der Waals surface area (Å²) in [5, 5.41) is 2.80. The van der Waals surface area contributed by atoms with Gasteiger partial charge in [-0.15, -0.1) is 0 Å². The molecule has 0 saturated carbocycles. The lowest BCUT2D eigenvalue weighted by Gasteiger charge is -2.17. The van der Waals surface area contributed by atoms with Gasteiger partial charge in [-0.25, -0.2) is 0 Å². The van der Waals surface area contributed by atoms with Crippen molar-refractivity contribution in [1.82, 2.24) is 10.2 Å². The van der Waals surface area contributed by atoms with Crippen molar-refractivity contribution >= 4 is 17.8 Å². The summed E-state index contributed by atoms with van der Waals surface area (Å²) in [4.78, 5) is 37.6. The quantitative estimate of drug-likeness (QED) is 0.577. The van der Waals surface area contributed by atoms with E-state index in [4.69, 9.17) is 4.74 Å². The molecule has 1 N–H and O–H groups in total. The Kier molecular flexibility index (Phi) is 6.98. The van der Waals surface area contributed by atoms with Crippen LogP contribution < -0.4 is 5.32 Å². The molecule has 0 spiro atoms. The van der Waals surface area contributed by atoms with Crippen LogP contribution in [0.2, 0.25) is 0 Å². The van der Waals surface area contributed by atoms with E-state index in [1.165, 1.54) is 0 Å². The monoisotopic (exact) mass is 346 g/mol. The van der Waals surface area contributed by atoms with Crippen LogP contribution in [0.1, 0.15) is 44.2 Å². The molecule has 2 rings (SSSR count). The van der Waals surface area contributed by atoms with Gasteiger partial charge in [-0.1, -0.05) is 31.2 Å². The molecule has 0 bridgehead atoms. The third-order valence-electron chi connectivity index (χ3n) is 4.30. The standard InChI is InChI=1S/C19H26N2O4/c1-3-16(19(24)25-4-2)18(23)20-12-14-7-5-8-15(11-14)13-21-10-6-9-17(21)22/h5,7-8,11,16H,3-4,6,9-10,12-13H2,1-2H3,(H,20,23)/t16-/m1/s1. The summed E-state index contributed by atoms with van der Waals surface area (Å²) < 4.78 is 4.93. The van der Waals surface area contributed by atoms with Crippen LogP contribution in [-0.2, 0) is 32.2 Å². The molecule has 0 aliphatic carbocycles. The molecule has 1 aliphatic rings. The first-order valence-corrected chi connectivity index (χ1v) is 8.85. The second-order valence-corrected chi connectivity index (χ2v) is 6.17. The zero-order valence-corrected chi connectivity index (χ0v) is 14.9. The first-order chi connectivity index (χ1) is 12.0. The molecular weight excluding hydrogens is 320 g/mol. The molecule has 6 heteroatoms. The molecule has 0 radical (unpaired) electrons. The van der Waals surface area contributed by atoms with Gasteiger partial charge in [0.05, 0.1) is 6.61 Å². The maximum absolute atomic E-state index is 12.2. The topological polar surface area (TPSA) is 75.7 Å². The van der Waals surface area contributed by atoms with E-state index in [1.54, 1.807) is 13.8 Å². The third kappa shape index (κ3) is 5.31. The Labute approximate surface area is 148 Å². The molecule has 2 amide bonds. The second kappa shape index (κ2) is 9.20. The number of esters is 1. The van der Waals surface area contributed by atoms with Crippen molar-refractivity contribution in [2.45, 2.75) is 46.2 Å². The number of carbonyl (C=O) groups excluding carboxylic acids is 3. The summed E-state index contributed by atoms with van der Waals surface area (Å²) in [6.07, 6.45) is 1.95. The van der Waals surface area contributed by atoms with Gasteiger partial charge in [0, 0.05) is 26.1 Å². The summed E-state index contributed by atoms with van der Waals surface area (Å²) in [5.74, 6) is -1.38. The Hall–Kier alpha value is -2.37. The van der Waals surface area contributed by atoms with Crippen molar-refractivity contribution in [3.8, 4) is 0 Å². The Morgan fingerprint density at radius 3 is 2.68 bits per heavy atom. The lowest BCUT2D eigenvalue weighted by Crippen LogP contribution is -2.35. The van der Waals surface area contributed by atoms with E-state index < -0.39 is 11.9 Å². The van der Waals surface area contributed by atoms with Gasteiger partial charge in [0.15, 0.2) is 0 Å². The van der Waals surface area contributed by atoms with E-state index in [2.05, 4.69) is 5.32 Å². The van der Waals surface area contributed by atoms with Crippen LogP contribution in [0.15, 0.2) is 24.3 Å². The van der Waals surface area contributed by atoms with Gasteiger partial charge in [0.25, 0.3) is 0 Å². The number of nitrogens with zero attached hydrogens (tertiary/aromatic N) is 1.